The second-order valence-electron chi connectivity index (χ2n) is 2.68. The Hall–Kier alpha value is -1.31. The fourth-order valence-corrected chi connectivity index (χ4v) is 1.76. The number of halogens is 3. The molecule has 0 bridgehead atoms. The lowest BCUT2D eigenvalue weighted by molar-refractivity contribution is -0.145. The topological polar surface area (TPSA) is 59.3 Å². The molecule has 8 heteroatoms. The maximum absolute atomic E-state index is 12.3. The minimum absolute atomic E-state index is 0.404. The molecule has 0 unspecified atom stereocenters. The summed E-state index contributed by atoms with van der Waals surface area (Å²) in [6.45, 7) is -0.466. The highest BCUT2D eigenvalue weighted by Crippen LogP contribution is 2.29. The first-order valence-corrected chi connectivity index (χ1v) is 4.67. The molecule has 1 aromatic rings. The van der Waals surface area contributed by atoms with E-state index in [0.717, 1.165) is 0 Å². The lowest BCUT2D eigenvalue weighted by Gasteiger charge is -2.08. The lowest BCUT2D eigenvalue weighted by atomic mass is 10.4. The largest absolute Gasteiger partial charge is 0.481 e. The summed E-state index contributed by atoms with van der Waals surface area (Å²) in [5.41, 5.74) is -1.10. The zero-order chi connectivity index (χ0) is 11.6. The van der Waals surface area contributed by atoms with Gasteiger partial charge < -0.3 is 5.11 Å². The van der Waals surface area contributed by atoms with Crippen LogP contribution in [0, 0.1) is 0 Å². The maximum Gasteiger partial charge on any atom is 0.432 e. The van der Waals surface area contributed by atoms with Crippen LogP contribution in [0.4, 0.5) is 13.2 Å². The van der Waals surface area contributed by atoms with Gasteiger partial charge in [0.2, 0.25) is 0 Å². The van der Waals surface area contributed by atoms with Crippen molar-refractivity contribution in [2.24, 2.45) is 0 Å². The maximum atomic E-state index is 12.3. The first-order valence-electron chi connectivity index (χ1n) is 3.79. The number of carboxylic acids is 1. The van der Waals surface area contributed by atoms with Gasteiger partial charge in [0.1, 0.15) is 5.69 Å². The molecule has 15 heavy (non-hydrogen) atoms. The van der Waals surface area contributed by atoms with Gasteiger partial charge in [0.25, 0.3) is 0 Å². The molecule has 0 aliphatic heterocycles. The Balaban J connectivity index is 3.00. The van der Waals surface area contributed by atoms with Crippen molar-refractivity contribution in [3.05, 3.63) is 20.7 Å². The van der Waals surface area contributed by atoms with Crippen molar-refractivity contribution in [1.82, 2.24) is 4.57 Å². The number of alkyl halides is 3. The summed E-state index contributed by atoms with van der Waals surface area (Å²) >= 11 is 0.404. The number of carboxylic acid groups (broad SMARTS) is 1. The third kappa shape index (κ3) is 2.82. The minimum Gasteiger partial charge on any atom is -0.481 e. The predicted octanol–water partition coefficient (Wildman–Crippen LogP) is 1.40. The standard InChI is InChI=1S/C7H6F3NO3S/c8-7(9,10)4-3-15-6(14)11(4)2-1-5(12)13/h3H,1-2H2,(H,12,13). The second-order valence-corrected chi connectivity index (χ2v) is 3.50. The SMILES string of the molecule is O=C(O)CCn1c(C(F)(F)F)csc1=O. The van der Waals surface area contributed by atoms with Crippen LogP contribution < -0.4 is 4.87 Å². The van der Waals surface area contributed by atoms with Gasteiger partial charge in [0, 0.05) is 11.9 Å². The Morgan fingerprint density at radius 1 is 1.53 bits per heavy atom. The van der Waals surface area contributed by atoms with Crippen molar-refractivity contribution in [3.8, 4) is 0 Å². The smallest absolute Gasteiger partial charge is 0.432 e. The van der Waals surface area contributed by atoms with Gasteiger partial charge >= 0.3 is 17.0 Å². The van der Waals surface area contributed by atoms with Gasteiger partial charge in [-0.2, -0.15) is 13.2 Å². The molecule has 0 saturated carbocycles. The number of nitrogens with zero attached hydrogens (tertiary/aromatic N) is 1. The average Bonchev–Trinajstić information content (AvgIpc) is 2.42. The van der Waals surface area contributed by atoms with Crippen molar-refractivity contribution < 1.29 is 23.1 Å². The van der Waals surface area contributed by atoms with E-state index < -0.39 is 35.7 Å². The van der Waals surface area contributed by atoms with E-state index in [1.54, 1.807) is 0 Å². The number of aliphatic carboxylic acids is 1. The van der Waals surface area contributed by atoms with Crippen LogP contribution >= 0.6 is 11.3 Å². The number of thiazole rings is 1. The molecule has 0 aliphatic rings. The van der Waals surface area contributed by atoms with E-state index in [1.165, 1.54) is 0 Å². The summed E-state index contributed by atoms with van der Waals surface area (Å²) in [4.78, 5) is 20.4. The van der Waals surface area contributed by atoms with Crippen LogP contribution in [0.3, 0.4) is 0 Å². The number of rotatable bonds is 3. The molecular formula is C7H6F3NO3S. The van der Waals surface area contributed by atoms with E-state index in [9.17, 15) is 22.8 Å². The minimum atomic E-state index is -4.63. The van der Waals surface area contributed by atoms with Crippen molar-refractivity contribution in [3.63, 3.8) is 0 Å². The molecule has 0 fully saturated rings. The average molecular weight is 241 g/mol. The van der Waals surface area contributed by atoms with Gasteiger partial charge in [-0.15, -0.1) is 0 Å². The van der Waals surface area contributed by atoms with E-state index in [-0.39, 0.29) is 0 Å². The fraction of sp³-hybridized carbons (Fsp3) is 0.429. The first kappa shape index (κ1) is 11.8. The number of hydrogen-bond donors (Lipinski definition) is 1. The Kier molecular flexibility index (Phi) is 3.18. The lowest BCUT2D eigenvalue weighted by Crippen LogP contribution is -2.22. The van der Waals surface area contributed by atoms with Gasteiger partial charge in [0.15, 0.2) is 0 Å². The monoisotopic (exact) mass is 241 g/mol. The molecule has 1 N–H and O–H groups in total. The summed E-state index contributed by atoms with van der Waals surface area (Å²) in [7, 11) is 0. The van der Waals surface area contributed by atoms with Gasteiger partial charge in [-0.25, -0.2) is 0 Å². The van der Waals surface area contributed by atoms with Gasteiger partial charge in [-0.05, 0) is 0 Å². The van der Waals surface area contributed by atoms with Crippen LogP contribution in [0.1, 0.15) is 12.1 Å². The van der Waals surface area contributed by atoms with Crippen LogP contribution in [-0.2, 0) is 17.5 Å². The molecular weight excluding hydrogens is 235 g/mol. The molecule has 0 radical (unpaired) electrons. The molecule has 0 aliphatic carbocycles. The first-order chi connectivity index (χ1) is 6.82. The molecule has 0 amide bonds. The Morgan fingerprint density at radius 2 is 2.13 bits per heavy atom. The molecule has 1 rings (SSSR count). The zero-order valence-corrected chi connectivity index (χ0v) is 8.06. The highest BCUT2D eigenvalue weighted by Gasteiger charge is 2.35. The Morgan fingerprint density at radius 3 is 2.60 bits per heavy atom. The van der Waals surface area contributed by atoms with Crippen LogP contribution in [0.5, 0.6) is 0 Å². The van der Waals surface area contributed by atoms with Crippen LogP contribution in [0.15, 0.2) is 10.2 Å². The van der Waals surface area contributed by atoms with Gasteiger partial charge in [-0.1, -0.05) is 11.3 Å². The molecule has 84 valence electrons. The second kappa shape index (κ2) is 4.05. The Labute approximate surface area is 85.6 Å². The molecule has 1 aromatic heterocycles. The number of carbonyl (C=O) groups is 1. The summed E-state index contributed by atoms with van der Waals surface area (Å²) in [5.74, 6) is -1.25. The van der Waals surface area contributed by atoms with E-state index in [0.29, 0.717) is 21.3 Å². The summed E-state index contributed by atoms with van der Waals surface area (Å²) < 4.78 is 37.3. The quantitative estimate of drug-likeness (QED) is 0.870. The third-order valence-electron chi connectivity index (χ3n) is 1.62. The van der Waals surface area contributed by atoms with Gasteiger partial charge in [0.05, 0.1) is 6.42 Å². The highest BCUT2D eigenvalue weighted by atomic mass is 32.1. The van der Waals surface area contributed by atoms with E-state index in [2.05, 4.69) is 0 Å². The van der Waals surface area contributed by atoms with E-state index >= 15 is 0 Å². The van der Waals surface area contributed by atoms with E-state index in [1.807, 2.05) is 0 Å². The normalized spacial score (nSPS) is 11.7. The number of aromatic nitrogens is 1. The third-order valence-corrected chi connectivity index (χ3v) is 2.39. The number of hydrogen-bond acceptors (Lipinski definition) is 3. The Bertz CT molecular complexity index is 420. The van der Waals surface area contributed by atoms with Crippen molar-refractivity contribution in [2.75, 3.05) is 0 Å². The molecule has 0 atom stereocenters. The van der Waals surface area contributed by atoms with Crippen LogP contribution in [0.25, 0.3) is 0 Å². The van der Waals surface area contributed by atoms with E-state index in [4.69, 9.17) is 5.11 Å². The highest BCUT2D eigenvalue weighted by molar-refractivity contribution is 7.07. The zero-order valence-electron chi connectivity index (χ0n) is 7.24. The molecule has 0 saturated heterocycles. The molecule has 1 heterocycles. The summed E-state index contributed by atoms with van der Waals surface area (Å²) in [6.07, 6.45) is -5.14. The van der Waals surface area contributed by atoms with Crippen molar-refractivity contribution in [1.29, 1.82) is 0 Å². The predicted molar refractivity (Wildman–Crippen MR) is 45.8 cm³/mol. The van der Waals surface area contributed by atoms with Gasteiger partial charge in [-0.3, -0.25) is 14.2 Å². The summed E-state index contributed by atoms with van der Waals surface area (Å²) in [6, 6.07) is 0. The molecule has 0 aromatic carbocycles. The summed E-state index contributed by atoms with van der Waals surface area (Å²) in [5, 5.41) is 8.99. The van der Waals surface area contributed by atoms with Crippen LogP contribution in [0.2, 0.25) is 0 Å². The molecule has 0 spiro atoms. The van der Waals surface area contributed by atoms with Crippen molar-refractivity contribution in [2.45, 2.75) is 19.1 Å². The fourth-order valence-electron chi connectivity index (χ4n) is 0.971. The van der Waals surface area contributed by atoms with Crippen LogP contribution in [-0.4, -0.2) is 15.6 Å². The molecule has 4 nitrogen and oxygen atoms in total. The van der Waals surface area contributed by atoms with Crippen molar-refractivity contribution >= 4 is 17.3 Å².